The lowest BCUT2D eigenvalue weighted by molar-refractivity contribution is -0.121. The van der Waals surface area contributed by atoms with Gasteiger partial charge in [-0.3, -0.25) is 9.59 Å². The van der Waals surface area contributed by atoms with Crippen LogP contribution in [-0.4, -0.2) is 60.8 Å². The summed E-state index contributed by atoms with van der Waals surface area (Å²) in [5.41, 5.74) is 0.430. The summed E-state index contributed by atoms with van der Waals surface area (Å²) in [5.74, 6) is 0.499. The number of benzene rings is 1. The molecule has 0 spiro atoms. The lowest BCUT2D eigenvalue weighted by Crippen LogP contribution is -2.41. The Hall–Kier alpha value is -2.72. The Morgan fingerprint density at radius 1 is 1.16 bits per heavy atom. The van der Waals surface area contributed by atoms with Gasteiger partial charge in [-0.15, -0.1) is 0 Å². The maximum atomic E-state index is 12.8. The quantitative estimate of drug-likeness (QED) is 0.696. The average molecular weight is 449 g/mol. The van der Waals surface area contributed by atoms with Crippen LogP contribution < -0.4 is 5.32 Å². The van der Waals surface area contributed by atoms with Gasteiger partial charge in [0.1, 0.15) is 5.76 Å². The van der Waals surface area contributed by atoms with E-state index in [4.69, 9.17) is 4.52 Å². The van der Waals surface area contributed by atoms with Crippen LogP contribution in [0.3, 0.4) is 0 Å². The Labute approximate surface area is 182 Å². The maximum absolute atomic E-state index is 12.8. The molecule has 1 N–H and O–H groups in total. The fourth-order valence-corrected chi connectivity index (χ4v) is 5.12. The molecule has 1 fully saturated rings. The second-order valence-electron chi connectivity index (χ2n) is 7.49. The van der Waals surface area contributed by atoms with E-state index in [2.05, 4.69) is 10.5 Å². The molecule has 1 aromatic carbocycles. The molecule has 9 nitrogen and oxygen atoms in total. The SMILES string of the molecule is CCN(CC)S(=O)(=O)c1ccc(C(=O)N2CCC(C(=O)Nc3cc(C)on3)CC2)cc1. The normalized spacial score (nSPS) is 15.3. The van der Waals surface area contributed by atoms with E-state index in [1.807, 2.05) is 0 Å². The number of carbonyl (C=O) groups is 2. The summed E-state index contributed by atoms with van der Waals surface area (Å²) in [6.07, 6.45) is 1.09. The first-order valence-corrected chi connectivity index (χ1v) is 11.8. The zero-order valence-electron chi connectivity index (χ0n) is 18.0. The van der Waals surface area contributed by atoms with Gasteiger partial charge in [-0.25, -0.2) is 8.42 Å². The van der Waals surface area contributed by atoms with Crippen molar-refractivity contribution >= 4 is 27.7 Å². The Balaban J connectivity index is 1.58. The average Bonchev–Trinajstić information content (AvgIpc) is 3.18. The van der Waals surface area contributed by atoms with Crippen molar-refractivity contribution in [3.8, 4) is 0 Å². The van der Waals surface area contributed by atoms with Crippen LogP contribution in [0.15, 0.2) is 39.8 Å². The van der Waals surface area contributed by atoms with E-state index in [1.54, 1.807) is 43.9 Å². The highest BCUT2D eigenvalue weighted by molar-refractivity contribution is 7.89. The topological polar surface area (TPSA) is 113 Å². The molecule has 0 radical (unpaired) electrons. The number of amides is 2. The van der Waals surface area contributed by atoms with Crippen LogP contribution in [0.2, 0.25) is 0 Å². The van der Waals surface area contributed by atoms with Crippen LogP contribution in [0.4, 0.5) is 5.82 Å². The van der Waals surface area contributed by atoms with Crippen molar-refractivity contribution in [2.24, 2.45) is 5.92 Å². The molecule has 3 rings (SSSR count). The minimum absolute atomic E-state index is 0.133. The second-order valence-corrected chi connectivity index (χ2v) is 9.43. The van der Waals surface area contributed by atoms with E-state index in [-0.39, 0.29) is 22.6 Å². The molecular formula is C21H28N4O5S. The fourth-order valence-electron chi connectivity index (χ4n) is 3.66. The summed E-state index contributed by atoms with van der Waals surface area (Å²) in [6, 6.07) is 7.69. The maximum Gasteiger partial charge on any atom is 0.253 e. The number of sulfonamides is 1. The lowest BCUT2D eigenvalue weighted by atomic mass is 9.95. The van der Waals surface area contributed by atoms with E-state index in [1.165, 1.54) is 16.4 Å². The smallest absolute Gasteiger partial charge is 0.253 e. The number of nitrogens with zero attached hydrogens (tertiary/aromatic N) is 3. The number of hydrogen-bond donors (Lipinski definition) is 1. The van der Waals surface area contributed by atoms with E-state index in [9.17, 15) is 18.0 Å². The van der Waals surface area contributed by atoms with Gasteiger partial charge in [0.05, 0.1) is 4.90 Å². The molecule has 2 aromatic rings. The van der Waals surface area contributed by atoms with Crippen molar-refractivity contribution in [1.82, 2.24) is 14.4 Å². The lowest BCUT2D eigenvalue weighted by Gasteiger charge is -2.31. The molecule has 0 saturated carbocycles. The number of hydrogen-bond acceptors (Lipinski definition) is 6. The summed E-state index contributed by atoms with van der Waals surface area (Å²) >= 11 is 0. The Morgan fingerprint density at radius 3 is 2.29 bits per heavy atom. The molecule has 1 aliphatic heterocycles. The molecule has 168 valence electrons. The van der Waals surface area contributed by atoms with E-state index in [0.29, 0.717) is 56.2 Å². The number of piperidine rings is 1. The highest BCUT2D eigenvalue weighted by Gasteiger charge is 2.29. The number of aromatic nitrogens is 1. The van der Waals surface area contributed by atoms with Gasteiger partial charge in [0.15, 0.2) is 5.82 Å². The number of nitrogens with one attached hydrogen (secondary N) is 1. The molecular weight excluding hydrogens is 420 g/mol. The first-order valence-electron chi connectivity index (χ1n) is 10.4. The minimum Gasteiger partial charge on any atom is -0.360 e. The summed E-state index contributed by atoms with van der Waals surface area (Å²) in [4.78, 5) is 27.1. The predicted octanol–water partition coefficient (Wildman–Crippen LogP) is 2.50. The van der Waals surface area contributed by atoms with Gasteiger partial charge < -0.3 is 14.7 Å². The third-order valence-electron chi connectivity index (χ3n) is 5.48. The highest BCUT2D eigenvalue weighted by Crippen LogP contribution is 2.22. The Kier molecular flexibility index (Phi) is 7.11. The molecule has 0 bridgehead atoms. The van der Waals surface area contributed by atoms with Gasteiger partial charge in [0.25, 0.3) is 5.91 Å². The number of aryl methyl sites for hydroxylation is 1. The molecule has 1 aliphatic rings. The third-order valence-corrected chi connectivity index (χ3v) is 7.54. The van der Waals surface area contributed by atoms with Crippen LogP contribution in [0.1, 0.15) is 42.8 Å². The van der Waals surface area contributed by atoms with E-state index >= 15 is 0 Å². The largest absolute Gasteiger partial charge is 0.360 e. The highest BCUT2D eigenvalue weighted by atomic mass is 32.2. The zero-order valence-corrected chi connectivity index (χ0v) is 18.8. The standard InChI is InChI=1S/C21H28N4O5S/c1-4-25(5-2)31(28,29)18-8-6-17(7-9-18)21(27)24-12-10-16(11-13-24)20(26)22-19-14-15(3)30-23-19/h6-9,14,16H,4-5,10-13H2,1-3H3,(H,22,23,26). The van der Waals surface area contributed by atoms with Crippen molar-refractivity contribution in [1.29, 1.82) is 0 Å². The van der Waals surface area contributed by atoms with Crippen molar-refractivity contribution < 1.29 is 22.5 Å². The van der Waals surface area contributed by atoms with Gasteiger partial charge in [0.2, 0.25) is 15.9 Å². The van der Waals surface area contributed by atoms with Gasteiger partial charge in [-0.2, -0.15) is 4.31 Å². The molecule has 0 atom stereocenters. The first-order chi connectivity index (χ1) is 14.8. The van der Waals surface area contributed by atoms with Gasteiger partial charge >= 0.3 is 0 Å². The molecule has 2 heterocycles. The van der Waals surface area contributed by atoms with Gasteiger partial charge in [-0.1, -0.05) is 19.0 Å². The number of carbonyl (C=O) groups excluding carboxylic acids is 2. The second kappa shape index (κ2) is 9.61. The first kappa shape index (κ1) is 23.0. The molecule has 31 heavy (non-hydrogen) atoms. The number of anilines is 1. The summed E-state index contributed by atoms with van der Waals surface area (Å²) in [6.45, 7) is 7.00. The van der Waals surface area contributed by atoms with Crippen LogP contribution >= 0.6 is 0 Å². The predicted molar refractivity (Wildman–Crippen MR) is 115 cm³/mol. The van der Waals surface area contributed by atoms with Gasteiger partial charge in [-0.05, 0) is 44.0 Å². The monoisotopic (exact) mass is 448 g/mol. The molecule has 10 heteroatoms. The van der Waals surface area contributed by atoms with E-state index in [0.717, 1.165) is 0 Å². The summed E-state index contributed by atoms with van der Waals surface area (Å²) in [5, 5.41) is 6.50. The van der Waals surface area contributed by atoms with Crippen LogP contribution in [-0.2, 0) is 14.8 Å². The zero-order chi connectivity index (χ0) is 22.6. The van der Waals surface area contributed by atoms with Crippen molar-refractivity contribution in [3.05, 3.63) is 41.7 Å². The third kappa shape index (κ3) is 5.13. The molecule has 1 aromatic heterocycles. The number of rotatable bonds is 7. The summed E-state index contributed by atoms with van der Waals surface area (Å²) in [7, 11) is -3.56. The molecule has 1 saturated heterocycles. The molecule has 2 amide bonds. The van der Waals surface area contributed by atoms with Crippen molar-refractivity contribution in [3.63, 3.8) is 0 Å². The fraction of sp³-hybridized carbons (Fsp3) is 0.476. The Morgan fingerprint density at radius 2 is 1.77 bits per heavy atom. The minimum atomic E-state index is -3.56. The van der Waals surface area contributed by atoms with Crippen LogP contribution in [0.5, 0.6) is 0 Å². The molecule has 0 unspecified atom stereocenters. The number of likely N-dealkylation sites (tertiary alicyclic amines) is 1. The van der Waals surface area contributed by atoms with E-state index < -0.39 is 10.0 Å². The van der Waals surface area contributed by atoms with Crippen LogP contribution in [0.25, 0.3) is 0 Å². The van der Waals surface area contributed by atoms with Crippen molar-refractivity contribution in [2.75, 3.05) is 31.5 Å². The Bertz CT molecular complexity index is 1020. The van der Waals surface area contributed by atoms with Gasteiger partial charge in [0, 0.05) is 43.7 Å². The van der Waals surface area contributed by atoms with Crippen molar-refractivity contribution in [2.45, 2.75) is 38.5 Å². The van der Waals surface area contributed by atoms with Crippen LogP contribution in [0, 0.1) is 12.8 Å². The molecule has 0 aliphatic carbocycles. The summed E-state index contributed by atoms with van der Waals surface area (Å²) < 4.78 is 31.5.